The summed E-state index contributed by atoms with van der Waals surface area (Å²) in [5, 5.41) is 12.2. The smallest absolute Gasteiger partial charge is 0.317 e. The number of urea groups is 1. The highest BCUT2D eigenvalue weighted by atomic mass is 16.3. The summed E-state index contributed by atoms with van der Waals surface area (Å²) in [6, 6.07) is 5.78. The number of likely N-dealkylation sites (tertiary alicyclic amines) is 1. The van der Waals surface area contributed by atoms with Gasteiger partial charge in [-0.15, -0.1) is 0 Å². The molecule has 1 aliphatic rings. The van der Waals surface area contributed by atoms with E-state index in [0.29, 0.717) is 19.0 Å². The van der Waals surface area contributed by atoms with E-state index in [1.54, 1.807) is 18.1 Å². The van der Waals surface area contributed by atoms with Crippen LogP contribution < -0.4 is 5.32 Å². The van der Waals surface area contributed by atoms with Crippen LogP contribution in [0, 0.1) is 5.92 Å². The zero-order valence-electron chi connectivity index (χ0n) is 13.9. The quantitative estimate of drug-likeness (QED) is 0.785. The Morgan fingerprint density at radius 1 is 1.52 bits per heavy atom. The topological polar surface area (TPSA) is 68.7 Å². The van der Waals surface area contributed by atoms with Crippen LogP contribution >= 0.6 is 0 Å². The van der Waals surface area contributed by atoms with Crippen LogP contribution in [0.25, 0.3) is 0 Å². The van der Waals surface area contributed by atoms with E-state index in [1.807, 2.05) is 18.2 Å². The third-order valence-electron chi connectivity index (χ3n) is 4.34. The number of hydrogen-bond donors (Lipinski definition) is 2. The number of carbonyl (C=O) groups is 1. The average Bonchev–Trinajstić information content (AvgIpc) is 2.60. The second-order valence-electron chi connectivity index (χ2n) is 6.22. The number of likely N-dealkylation sites (N-methyl/N-ethyl adjacent to an activating group) is 1. The number of hydrogen-bond acceptors (Lipinski definition) is 4. The fraction of sp³-hybridized carbons (Fsp3) is 0.647. The first kappa shape index (κ1) is 17.7. The minimum atomic E-state index is -0.0448. The van der Waals surface area contributed by atoms with E-state index in [2.05, 4.69) is 15.2 Å². The van der Waals surface area contributed by atoms with E-state index in [4.69, 9.17) is 0 Å². The predicted octanol–water partition coefficient (Wildman–Crippen LogP) is 0.970. The molecule has 0 spiro atoms. The van der Waals surface area contributed by atoms with Crippen molar-refractivity contribution in [3.63, 3.8) is 0 Å². The van der Waals surface area contributed by atoms with Gasteiger partial charge in [-0.2, -0.15) is 0 Å². The maximum Gasteiger partial charge on any atom is 0.317 e. The largest absolute Gasteiger partial charge is 0.396 e. The molecule has 0 bridgehead atoms. The van der Waals surface area contributed by atoms with Gasteiger partial charge in [-0.05, 0) is 37.4 Å². The van der Waals surface area contributed by atoms with Crippen molar-refractivity contribution >= 4 is 6.03 Å². The molecule has 1 fully saturated rings. The van der Waals surface area contributed by atoms with Gasteiger partial charge in [0, 0.05) is 58.1 Å². The summed E-state index contributed by atoms with van der Waals surface area (Å²) in [6.07, 6.45) is 4.77. The van der Waals surface area contributed by atoms with Crippen molar-refractivity contribution in [3.05, 3.63) is 30.1 Å². The summed E-state index contributed by atoms with van der Waals surface area (Å²) in [5.74, 6) is 0.389. The van der Waals surface area contributed by atoms with Crippen LogP contribution in [-0.4, -0.2) is 72.3 Å². The Labute approximate surface area is 138 Å². The molecular formula is C17H28N4O2. The molecule has 6 nitrogen and oxygen atoms in total. The van der Waals surface area contributed by atoms with Crippen LogP contribution in [0.3, 0.4) is 0 Å². The number of aromatic nitrogens is 1. The monoisotopic (exact) mass is 320 g/mol. The van der Waals surface area contributed by atoms with Crippen molar-refractivity contribution in [1.29, 1.82) is 0 Å². The lowest BCUT2D eigenvalue weighted by molar-refractivity contribution is 0.121. The van der Waals surface area contributed by atoms with Gasteiger partial charge in [0.2, 0.25) is 0 Å². The summed E-state index contributed by atoms with van der Waals surface area (Å²) in [7, 11) is 1.81. The van der Waals surface area contributed by atoms with Crippen molar-refractivity contribution in [3.8, 4) is 0 Å². The Morgan fingerprint density at radius 2 is 2.39 bits per heavy atom. The molecule has 1 aromatic rings. The highest BCUT2D eigenvalue weighted by Crippen LogP contribution is 2.14. The van der Waals surface area contributed by atoms with Crippen LogP contribution in [-0.2, 0) is 6.42 Å². The Kier molecular flexibility index (Phi) is 7.29. The number of piperidine rings is 1. The number of amides is 2. The lowest BCUT2D eigenvalue weighted by Crippen LogP contribution is -2.44. The van der Waals surface area contributed by atoms with Gasteiger partial charge in [0.1, 0.15) is 0 Å². The minimum Gasteiger partial charge on any atom is -0.396 e. The average molecular weight is 320 g/mol. The van der Waals surface area contributed by atoms with E-state index < -0.39 is 0 Å². The molecule has 0 radical (unpaired) electrons. The van der Waals surface area contributed by atoms with E-state index in [-0.39, 0.29) is 12.6 Å². The molecule has 2 heterocycles. The van der Waals surface area contributed by atoms with E-state index >= 15 is 0 Å². The van der Waals surface area contributed by atoms with Crippen molar-refractivity contribution in [2.24, 2.45) is 5.92 Å². The lowest BCUT2D eigenvalue weighted by atomic mass is 9.99. The number of nitrogens with zero attached hydrogens (tertiary/aromatic N) is 3. The van der Waals surface area contributed by atoms with Gasteiger partial charge in [-0.1, -0.05) is 6.07 Å². The van der Waals surface area contributed by atoms with Gasteiger partial charge in [0.25, 0.3) is 0 Å². The van der Waals surface area contributed by atoms with Crippen LogP contribution in [0.4, 0.5) is 4.79 Å². The molecule has 2 N–H and O–H groups in total. The van der Waals surface area contributed by atoms with Crippen LogP contribution in [0.15, 0.2) is 24.4 Å². The number of pyridine rings is 1. The fourth-order valence-electron chi connectivity index (χ4n) is 2.89. The standard InChI is InChI=1S/C17H28N4O2/c1-20(11-7-16-6-2-3-8-18-16)17(23)19-9-12-21-10-4-5-15(13-21)14-22/h2-3,6,8,15,22H,4-5,7,9-14H2,1H3,(H,19,23). The SMILES string of the molecule is CN(CCc1ccccn1)C(=O)NCCN1CCCC(CO)C1. The molecule has 6 heteroatoms. The summed E-state index contributed by atoms with van der Waals surface area (Å²) < 4.78 is 0. The van der Waals surface area contributed by atoms with E-state index in [0.717, 1.165) is 44.6 Å². The molecule has 0 aromatic carbocycles. The molecule has 0 saturated carbocycles. The maximum atomic E-state index is 12.1. The first-order valence-electron chi connectivity index (χ1n) is 8.41. The molecule has 1 aliphatic heterocycles. The molecule has 2 amide bonds. The zero-order valence-corrected chi connectivity index (χ0v) is 13.9. The highest BCUT2D eigenvalue weighted by Gasteiger charge is 2.18. The van der Waals surface area contributed by atoms with Crippen LogP contribution in [0.5, 0.6) is 0 Å². The number of aliphatic hydroxyl groups excluding tert-OH is 1. The first-order valence-corrected chi connectivity index (χ1v) is 8.41. The minimum absolute atomic E-state index is 0.0448. The summed E-state index contributed by atoms with van der Waals surface area (Å²) in [4.78, 5) is 20.3. The van der Waals surface area contributed by atoms with Gasteiger partial charge in [-0.25, -0.2) is 4.79 Å². The molecule has 23 heavy (non-hydrogen) atoms. The Balaban J connectivity index is 1.62. The number of nitrogens with one attached hydrogen (secondary N) is 1. The maximum absolute atomic E-state index is 12.1. The van der Waals surface area contributed by atoms with Gasteiger partial charge in [0.05, 0.1) is 0 Å². The van der Waals surface area contributed by atoms with Gasteiger partial charge in [-0.3, -0.25) is 4.98 Å². The highest BCUT2D eigenvalue weighted by molar-refractivity contribution is 5.73. The third-order valence-corrected chi connectivity index (χ3v) is 4.34. The van der Waals surface area contributed by atoms with Crippen molar-refractivity contribution in [1.82, 2.24) is 20.1 Å². The predicted molar refractivity (Wildman–Crippen MR) is 90.2 cm³/mol. The fourth-order valence-corrected chi connectivity index (χ4v) is 2.89. The Hall–Kier alpha value is -1.66. The van der Waals surface area contributed by atoms with Gasteiger partial charge < -0.3 is 20.2 Å². The van der Waals surface area contributed by atoms with Crippen molar-refractivity contribution in [2.45, 2.75) is 19.3 Å². The van der Waals surface area contributed by atoms with Crippen molar-refractivity contribution < 1.29 is 9.90 Å². The summed E-state index contributed by atoms with van der Waals surface area (Å²) in [5.41, 5.74) is 0.996. The third kappa shape index (κ3) is 6.15. The Morgan fingerprint density at radius 3 is 3.13 bits per heavy atom. The molecule has 1 unspecified atom stereocenters. The van der Waals surface area contributed by atoms with Gasteiger partial charge in [0.15, 0.2) is 0 Å². The summed E-state index contributed by atoms with van der Waals surface area (Å²) in [6.45, 7) is 4.39. The summed E-state index contributed by atoms with van der Waals surface area (Å²) >= 11 is 0. The second-order valence-corrected chi connectivity index (χ2v) is 6.22. The molecule has 1 atom stereocenters. The zero-order chi connectivity index (χ0) is 16.5. The Bertz CT molecular complexity index is 469. The molecular weight excluding hydrogens is 292 g/mol. The molecule has 2 rings (SSSR count). The molecule has 1 saturated heterocycles. The van der Waals surface area contributed by atoms with Crippen LogP contribution in [0.1, 0.15) is 18.5 Å². The van der Waals surface area contributed by atoms with E-state index in [1.165, 1.54) is 0 Å². The van der Waals surface area contributed by atoms with Gasteiger partial charge >= 0.3 is 6.03 Å². The molecule has 128 valence electrons. The van der Waals surface area contributed by atoms with E-state index in [9.17, 15) is 9.90 Å². The number of aliphatic hydroxyl groups is 1. The van der Waals surface area contributed by atoms with Crippen molar-refractivity contribution in [2.75, 3.05) is 46.4 Å². The second kappa shape index (κ2) is 9.47. The number of carbonyl (C=O) groups excluding carboxylic acids is 1. The number of rotatable bonds is 7. The molecule has 1 aromatic heterocycles. The molecule has 0 aliphatic carbocycles. The van der Waals surface area contributed by atoms with Crippen LogP contribution in [0.2, 0.25) is 0 Å². The first-order chi connectivity index (χ1) is 11.2. The normalized spacial score (nSPS) is 18.6. The lowest BCUT2D eigenvalue weighted by Gasteiger charge is -2.31.